The Bertz CT molecular complexity index is 1070. The van der Waals surface area contributed by atoms with Crippen molar-refractivity contribution in [2.75, 3.05) is 0 Å². The van der Waals surface area contributed by atoms with Crippen molar-refractivity contribution in [3.05, 3.63) is 108 Å². The molecule has 1 aromatic carbocycles. The second-order valence-electron chi connectivity index (χ2n) is 8.63. The average molecular weight is 394 g/mol. The Morgan fingerprint density at radius 3 is 2.63 bits per heavy atom. The quantitative estimate of drug-likeness (QED) is 0.482. The fraction of sp³-hybridized carbons (Fsp3) is 0.276. The van der Waals surface area contributed by atoms with E-state index in [9.17, 15) is 0 Å². The van der Waals surface area contributed by atoms with Crippen LogP contribution in [-0.2, 0) is 0 Å². The minimum Gasteiger partial charge on any atom is -0.253 e. The van der Waals surface area contributed by atoms with E-state index in [0.29, 0.717) is 0 Å². The lowest BCUT2D eigenvalue weighted by atomic mass is 9.81. The molecule has 4 rings (SSSR count). The van der Waals surface area contributed by atoms with Crippen LogP contribution in [0.15, 0.2) is 102 Å². The van der Waals surface area contributed by atoms with Crippen LogP contribution in [0.2, 0.25) is 0 Å². The van der Waals surface area contributed by atoms with Gasteiger partial charge in [-0.05, 0) is 66.0 Å². The maximum Gasteiger partial charge on any atom is 0.0700 e. The second kappa shape index (κ2) is 8.44. The maximum absolute atomic E-state index is 5.20. The molecule has 0 fully saturated rings. The molecular weight excluding hydrogens is 362 g/mol. The van der Waals surface area contributed by atoms with E-state index >= 15 is 0 Å². The highest BCUT2D eigenvalue weighted by Crippen LogP contribution is 2.43. The van der Waals surface area contributed by atoms with E-state index in [1.54, 1.807) is 0 Å². The first-order valence-corrected chi connectivity index (χ1v) is 11.0. The number of fused-ring (bicyclic) bond motifs is 2. The van der Waals surface area contributed by atoms with Gasteiger partial charge in [-0.15, -0.1) is 0 Å². The highest BCUT2D eigenvalue weighted by atomic mass is 14.8. The average Bonchev–Trinajstić information content (AvgIpc) is 3.11. The third-order valence-electron chi connectivity index (χ3n) is 6.54. The molecule has 3 aliphatic carbocycles. The predicted molar refractivity (Wildman–Crippen MR) is 131 cm³/mol. The monoisotopic (exact) mass is 393 g/mol. The summed E-state index contributed by atoms with van der Waals surface area (Å²) < 4.78 is 0. The molecule has 1 atom stereocenters. The minimum absolute atomic E-state index is 0.116. The number of nitrogens with zero attached hydrogens (tertiary/aromatic N) is 1. The summed E-state index contributed by atoms with van der Waals surface area (Å²) in [6.07, 6.45) is 20.4. The molecule has 0 saturated carbocycles. The largest absolute Gasteiger partial charge is 0.253 e. The van der Waals surface area contributed by atoms with Crippen molar-refractivity contribution in [1.29, 1.82) is 0 Å². The van der Waals surface area contributed by atoms with Crippen LogP contribution in [0.3, 0.4) is 0 Å². The minimum atomic E-state index is -0.116. The van der Waals surface area contributed by atoms with Crippen molar-refractivity contribution >= 4 is 16.9 Å². The molecule has 1 aromatic rings. The van der Waals surface area contributed by atoms with Crippen LogP contribution in [0.5, 0.6) is 0 Å². The zero-order valence-corrected chi connectivity index (χ0v) is 18.2. The number of allylic oxidation sites excluding steroid dienone is 11. The molecule has 0 aromatic heterocycles. The van der Waals surface area contributed by atoms with Gasteiger partial charge in [0.15, 0.2) is 0 Å². The van der Waals surface area contributed by atoms with Crippen molar-refractivity contribution in [3.63, 3.8) is 0 Å². The highest BCUT2D eigenvalue weighted by Gasteiger charge is 2.30. The summed E-state index contributed by atoms with van der Waals surface area (Å²) in [5.41, 5.74) is 9.69. The molecule has 30 heavy (non-hydrogen) atoms. The molecule has 1 nitrogen and oxygen atoms in total. The molecule has 1 unspecified atom stereocenters. The lowest BCUT2D eigenvalue weighted by Crippen LogP contribution is -2.17. The van der Waals surface area contributed by atoms with E-state index in [-0.39, 0.29) is 5.41 Å². The molecule has 0 heterocycles. The number of hydrogen-bond acceptors (Lipinski definition) is 1. The van der Waals surface area contributed by atoms with Gasteiger partial charge in [-0.1, -0.05) is 86.9 Å². The standard InChI is InChI=1S/C29H31N/c1-5-23-20-27-25-16-11-10-15-24(25)21(2)14-8-6-9-17-26(27)28(23)30-22(3)29(4)18-12-7-13-19-29/h5,7-8,10-16,18H,2-3,6,9,17,19-20H2,1,4H3/b14-8-,23-5-,30-28?. The summed E-state index contributed by atoms with van der Waals surface area (Å²) >= 11 is 0. The molecule has 0 radical (unpaired) electrons. The van der Waals surface area contributed by atoms with E-state index in [2.05, 4.69) is 93.8 Å². The Balaban J connectivity index is 1.84. The number of rotatable bonds is 2. The number of aliphatic imine (C=N–C) groups is 1. The summed E-state index contributed by atoms with van der Waals surface area (Å²) in [4.78, 5) is 5.20. The van der Waals surface area contributed by atoms with Crippen molar-refractivity contribution in [2.45, 2.75) is 46.0 Å². The maximum atomic E-state index is 5.20. The van der Waals surface area contributed by atoms with E-state index in [0.717, 1.165) is 49.1 Å². The van der Waals surface area contributed by atoms with Gasteiger partial charge in [0.1, 0.15) is 0 Å². The van der Waals surface area contributed by atoms with Crippen molar-refractivity contribution in [3.8, 4) is 0 Å². The van der Waals surface area contributed by atoms with Gasteiger partial charge >= 0.3 is 0 Å². The summed E-state index contributed by atoms with van der Waals surface area (Å²) in [6, 6.07) is 8.68. The lowest BCUT2D eigenvalue weighted by molar-refractivity contribution is 0.514. The smallest absolute Gasteiger partial charge is 0.0700 e. The molecule has 152 valence electrons. The van der Waals surface area contributed by atoms with Gasteiger partial charge in [0.2, 0.25) is 0 Å². The first kappa shape index (κ1) is 20.3. The zero-order chi connectivity index (χ0) is 21.1. The summed E-state index contributed by atoms with van der Waals surface area (Å²) in [5, 5.41) is 0. The van der Waals surface area contributed by atoms with E-state index in [4.69, 9.17) is 4.99 Å². The Kier molecular flexibility index (Phi) is 5.72. The fourth-order valence-electron chi connectivity index (χ4n) is 4.57. The number of benzene rings is 1. The van der Waals surface area contributed by atoms with E-state index in [1.165, 1.54) is 27.8 Å². The first-order chi connectivity index (χ1) is 14.5. The van der Waals surface area contributed by atoms with Gasteiger partial charge < -0.3 is 0 Å². The van der Waals surface area contributed by atoms with Crippen LogP contribution in [0, 0.1) is 5.41 Å². The Hall–Kier alpha value is -2.93. The van der Waals surface area contributed by atoms with Gasteiger partial charge in [0, 0.05) is 17.5 Å². The van der Waals surface area contributed by atoms with E-state index < -0.39 is 0 Å². The molecule has 0 saturated heterocycles. The molecule has 0 N–H and O–H groups in total. The molecule has 0 bridgehead atoms. The topological polar surface area (TPSA) is 12.4 Å². The van der Waals surface area contributed by atoms with Gasteiger partial charge in [0.05, 0.1) is 5.71 Å². The Labute approximate surface area is 181 Å². The van der Waals surface area contributed by atoms with Crippen molar-refractivity contribution in [2.24, 2.45) is 10.4 Å². The Morgan fingerprint density at radius 1 is 1.10 bits per heavy atom. The van der Waals surface area contributed by atoms with E-state index in [1.807, 2.05) is 0 Å². The number of hydrogen-bond donors (Lipinski definition) is 0. The van der Waals surface area contributed by atoms with Crippen LogP contribution in [-0.4, -0.2) is 5.71 Å². The summed E-state index contributed by atoms with van der Waals surface area (Å²) in [6.45, 7) is 13.1. The van der Waals surface area contributed by atoms with Gasteiger partial charge in [-0.3, -0.25) is 4.99 Å². The van der Waals surface area contributed by atoms with Crippen LogP contribution in [0.1, 0.15) is 57.1 Å². The summed E-state index contributed by atoms with van der Waals surface area (Å²) in [7, 11) is 0. The lowest BCUT2D eigenvalue weighted by Gasteiger charge is -2.27. The van der Waals surface area contributed by atoms with Crippen molar-refractivity contribution in [1.82, 2.24) is 0 Å². The highest BCUT2D eigenvalue weighted by molar-refractivity contribution is 6.22. The normalized spacial score (nSPS) is 27.3. The third-order valence-corrected chi connectivity index (χ3v) is 6.54. The SMILES string of the molecule is C=C1/C=C\CCCC2=C(C/C(=C/C)C2=NC(=C)C2(C)C=CC=CC2)c2ccccc21. The van der Waals surface area contributed by atoms with Crippen LogP contribution >= 0.6 is 0 Å². The fourth-order valence-corrected chi connectivity index (χ4v) is 4.57. The molecular formula is C29H31N. The van der Waals surface area contributed by atoms with Gasteiger partial charge in [-0.25, -0.2) is 0 Å². The van der Waals surface area contributed by atoms with Crippen LogP contribution < -0.4 is 0 Å². The molecule has 0 amide bonds. The van der Waals surface area contributed by atoms with Crippen LogP contribution in [0.25, 0.3) is 11.1 Å². The van der Waals surface area contributed by atoms with Crippen LogP contribution in [0.4, 0.5) is 0 Å². The summed E-state index contributed by atoms with van der Waals surface area (Å²) in [5.74, 6) is 0. The van der Waals surface area contributed by atoms with Gasteiger partial charge in [0.25, 0.3) is 0 Å². The molecule has 3 aliphatic rings. The first-order valence-electron chi connectivity index (χ1n) is 11.0. The predicted octanol–water partition coefficient (Wildman–Crippen LogP) is 8.02. The van der Waals surface area contributed by atoms with Gasteiger partial charge in [-0.2, -0.15) is 0 Å². The zero-order valence-electron chi connectivity index (χ0n) is 18.2. The molecule has 0 spiro atoms. The molecule has 0 aliphatic heterocycles. The Morgan fingerprint density at radius 2 is 1.90 bits per heavy atom. The third kappa shape index (κ3) is 3.77. The molecule has 1 heteroatoms. The second-order valence-corrected chi connectivity index (χ2v) is 8.63. The van der Waals surface area contributed by atoms with Crippen molar-refractivity contribution < 1.29 is 0 Å².